The first-order chi connectivity index (χ1) is 16.2. The van der Waals surface area contributed by atoms with Gasteiger partial charge < -0.3 is 4.74 Å². The summed E-state index contributed by atoms with van der Waals surface area (Å²) in [6.45, 7) is 7.79. The number of halogens is 1. The van der Waals surface area contributed by atoms with Crippen LogP contribution in [0.2, 0.25) is 5.02 Å². The molecule has 3 aromatic carbocycles. The highest BCUT2D eigenvalue weighted by molar-refractivity contribution is 6.30. The summed E-state index contributed by atoms with van der Waals surface area (Å²) in [6.07, 6.45) is 0.872. The molecule has 1 aliphatic rings. The monoisotopic (exact) mass is 458 g/mol. The number of hydrogen-bond acceptors (Lipinski definition) is 3. The third-order valence-electron chi connectivity index (χ3n) is 6.01. The van der Waals surface area contributed by atoms with Crippen LogP contribution in [0.5, 0.6) is 5.75 Å². The first-order valence-electron chi connectivity index (χ1n) is 11.7. The van der Waals surface area contributed by atoms with E-state index in [1.165, 1.54) is 11.1 Å². The minimum absolute atomic E-state index is 0.246. The van der Waals surface area contributed by atoms with E-state index in [9.17, 15) is 0 Å². The van der Waals surface area contributed by atoms with Crippen LogP contribution < -0.4 is 4.74 Å². The van der Waals surface area contributed by atoms with E-state index in [1.54, 1.807) is 0 Å². The zero-order valence-corrected chi connectivity index (χ0v) is 20.0. The van der Waals surface area contributed by atoms with Crippen molar-refractivity contribution in [1.82, 2.24) is 9.80 Å². The highest BCUT2D eigenvalue weighted by atomic mass is 35.5. The highest BCUT2D eigenvalue weighted by Gasteiger charge is 2.26. The van der Waals surface area contributed by atoms with Gasteiger partial charge in [-0.05, 0) is 47.5 Å². The Morgan fingerprint density at radius 1 is 0.848 bits per heavy atom. The topological polar surface area (TPSA) is 15.7 Å². The zero-order chi connectivity index (χ0) is 22.9. The van der Waals surface area contributed by atoms with Crippen LogP contribution in [0.25, 0.3) is 0 Å². The van der Waals surface area contributed by atoms with Crippen LogP contribution in [0.1, 0.15) is 36.1 Å². The van der Waals surface area contributed by atoms with Gasteiger partial charge in [0.15, 0.2) is 0 Å². The maximum absolute atomic E-state index is 6.15. The Hall–Kier alpha value is -2.77. The lowest BCUT2D eigenvalue weighted by molar-refractivity contribution is 0.0977. The molecule has 1 fully saturated rings. The molecular weight excluding hydrogens is 428 g/mol. The van der Waals surface area contributed by atoms with Crippen molar-refractivity contribution in [1.29, 1.82) is 0 Å². The van der Waals surface area contributed by atoms with Crippen molar-refractivity contribution in [2.45, 2.75) is 19.4 Å². The van der Waals surface area contributed by atoms with E-state index in [2.05, 4.69) is 71.0 Å². The van der Waals surface area contributed by atoms with Crippen LogP contribution >= 0.6 is 11.6 Å². The molecule has 1 unspecified atom stereocenters. The summed E-state index contributed by atoms with van der Waals surface area (Å²) in [6, 6.07) is 27.4. The van der Waals surface area contributed by atoms with Gasteiger partial charge in [0.25, 0.3) is 0 Å². The summed E-state index contributed by atoms with van der Waals surface area (Å²) in [5.41, 5.74) is 3.65. The van der Waals surface area contributed by atoms with Crippen LogP contribution in [-0.4, -0.2) is 49.1 Å². The number of ether oxygens (including phenoxy) is 1. The van der Waals surface area contributed by atoms with E-state index in [-0.39, 0.29) is 6.04 Å². The number of hydrogen-bond donors (Lipinski definition) is 0. The van der Waals surface area contributed by atoms with Crippen molar-refractivity contribution >= 4 is 11.6 Å². The molecule has 1 aliphatic heterocycles. The quantitative estimate of drug-likeness (QED) is 0.411. The summed E-state index contributed by atoms with van der Waals surface area (Å²) in [5, 5.41) is 0.777. The third-order valence-corrected chi connectivity index (χ3v) is 6.27. The van der Waals surface area contributed by atoms with Crippen molar-refractivity contribution in [3.8, 4) is 17.6 Å². The van der Waals surface area contributed by atoms with E-state index in [1.807, 2.05) is 36.4 Å². The van der Waals surface area contributed by atoms with Gasteiger partial charge in [-0.3, -0.25) is 9.80 Å². The fourth-order valence-electron chi connectivity index (χ4n) is 4.26. The average molecular weight is 459 g/mol. The van der Waals surface area contributed by atoms with Gasteiger partial charge in [-0.25, -0.2) is 0 Å². The predicted molar refractivity (Wildman–Crippen MR) is 137 cm³/mol. The van der Waals surface area contributed by atoms with Crippen LogP contribution in [0.4, 0.5) is 0 Å². The summed E-state index contributed by atoms with van der Waals surface area (Å²) >= 11 is 6.15. The molecule has 0 aromatic heterocycles. The maximum Gasteiger partial charge on any atom is 0.119 e. The molecule has 0 saturated carbocycles. The number of benzene rings is 3. The molecule has 3 nitrogen and oxygen atoms in total. The normalized spacial score (nSPS) is 15.5. The van der Waals surface area contributed by atoms with Gasteiger partial charge in [-0.15, -0.1) is 0 Å². The number of piperazine rings is 1. The summed E-state index contributed by atoms with van der Waals surface area (Å²) in [5.74, 6) is 7.15. The average Bonchev–Trinajstić information content (AvgIpc) is 2.86. The van der Waals surface area contributed by atoms with E-state index in [0.717, 1.165) is 55.5 Å². The molecule has 0 aliphatic carbocycles. The minimum atomic E-state index is 0.246. The second-order valence-electron chi connectivity index (χ2n) is 8.27. The molecule has 0 N–H and O–H groups in total. The summed E-state index contributed by atoms with van der Waals surface area (Å²) < 4.78 is 5.98. The smallest absolute Gasteiger partial charge is 0.119 e. The minimum Gasteiger partial charge on any atom is -0.492 e. The van der Waals surface area contributed by atoms with Gasteiger partial charge in [0, 0.05) is 49.7 Å². The van der Waals surface area contributed by atoms with Crippen LogP contribution in [-0.2, 0) is 0 Å². The van der Waals surface area contributed by atoms with E-state index in [0.29, 0.717) is 6.61 Å². The maximum atomic E-state index is 6.15. The molecule has 170 valence electrons. The molecular formula is C29H31ClN2O. The number of nitrogens with zero attached hydrogens (tertiary/aromatic N) is 2. The molecule has 33 heavy (non-hydrogen) atoms. The van der Waals surface area contributed by atoms with Gasteiger partial charge in [0.05, 0.1) is 6.04 Å². The van der Waals surface area contributed by atoms with Gasteiger partial charge in [0.2, 0.25) is 0 Å². The van der Waals surface area contributed by atoms with Crippen molar-refractivity contribution in [2.75, 3.05) is 39.3 Å². The van der Waals surface area contributed by atoms with Gasteiger partial charge in [-0.1, -0.05) is 72.8 Å². The van der Waals surface area contributed by atoms with Crippen molar-refractivity contribution < 1.29 is 4.74 Å². The van der Waals surface area contributed by atoms with E-state index >= 15 is 0 Å². The molecule has 1 saturated heterocycles. The Balaban J connectivity index is 1.31. The van der Waals surface area contributed by atoms with E-state index < -0.39 is 0 Å². The molecule has 4 rings (SSSR count). The van der Waals surface area contributed by atoms with Crippen LogP contribution in [0.15, 0.2) is 78.9 Å². The van der Waals surface area contributed by atoms with Crippen molar-refractivity contribution in [3.05, 3.63) is 101 Å². The molecule has 1 heterocycles. The number of rotatable bonds is 7. The Kier molecular flexibility index (Phi) is 8.44. The first-order valence-corrected chi connectivity index (χ1v) is 12.1. The fourth-order valence-corrected chi connectivity index (χ4v) is 4.38. The lowest BCUT2D eigenvalue weighted by atomic mass is 9.96. The van der Waals surface area contributed by atoms with Crippen molar-refractivity contribution in [3.63, 3.8) is 0 Å². The van der Waals surface area contributed by atoms with Gasteiger partial charge in [-0.2, -0.15) is 0 Å². The molecule has 4 heteroatoms. The van der Waals surface area contributed by atoms with Crippen LogP contribution in [0, 0.1) is 11.8 Å². The molecule has 1 atom stereocenters. The molecule has 0 radical (unpaired) electrons. The zero-order valence-electron chi connectivity index (χ0n) is 19.2. The molecule has 0 bridgehead atoms. The van der Waals surface area contributed by atoms with E-state index in [4.69, 9.17) is 16.3 Å². The Morgan fingerprint density at radius 3 is 2.18 bits per heavy atom. The predicted octanol–water partition coefficient (Wildman–Crippen LogP) is 5.89. The summed E-state index contributed by atoms with van der Waals surface area (Å²) in [4.78, 5) is 5.06. The molecule has 3 aromatic rings. The van der Waals surface area contributed by atoms with Crippen molar-refractivity contribution in [2.24, 2.45) is 0 Å². The standard InChI is InChI=1S/C29H31ClN2O/c1-2-3-7-24-10-16-28(17-11-24)33-23-22-31-18-20-32(21-19-31)29(25-8-5-4-6-9-25)26-12-14-27(30)15-13-26/h4-6,8-17,29H,2,18-23H2,1H3. The van der Waals surface area contributed by atoms with Crippen LogP contribution in [0.3, 0.4) is 0 Å². The summed E-state index contributed by atoms with van der Waals surface area (Å²) in [7, 11) is 0. The second kappa shape index (κ2) is 11.9. The van der Waals surface area contributed by atoms with Gasteiger partial charge >= 0.3 is 0 Å². The Bertz CT molecular complexity index is 1050. The SMILES string of the molecule is CCC#Cc1ccc(OCCN2CCN(C(c3ccccc3)c3ccc(Cl)cc3)CC2)cc1. The first kappa shape index (κ1) is 23.4. The fraction of sp³-hybridized carbons (Fsp3) is 0.310. The lowest BCUT2D eigenvalue weighted by Crippen LogP contribution is -2.48. The third kappa shape index (κ3) is 6.62. The van der Waals surface area contributed by atoms with Gasteiger partial charge in [0.1, 0.15) is 12.4 Å². The molecule has 0 spiro atoms. The second-order valence-corrected chi connectivity index (χ2v) is 8.71. The molecule has 0 amide bonds. The highest BCUT2D eigenvalue weighted by Crippen LogP contribution is 2.30. The lowest BCUT2D eigenvalue weighted by Gasteiger charge is -2.39. The Morgan fingerprint density at radius 2 is 1.52 bits per heavy atom. The largest absolute Gasteiger partial charge is 0.492 e. The Labute approximate surface area is 202 Å².